The van der Waals surface area contributed by atoms with E-state index < -0.39 is 0 Å². The first-order valence-electron chi connectivity index (χ1n) is 9.54. The summed E-state index contributed by atoms with van der Waals surface area (Å²) >= 11 is 1.28. The van der Waals surface area contributed by atoms with Crippen molar-refractivity contribution in [3.8, 4) is 5.69 Å². The number of benzene rings is 2. The molecule has 0 bridgehead atoms. The number of carbonyl (C=O) groups excluding carboxylic acids is 1. The van der Waals surface area contributed by atoms with Crippen molar-refractivity contribution < 1.29 is 4.79 Å². The summed E-state index contributed by atoms with van der Waals surface area (Å²) in [4.78, 5) is 32.3. The minimum atomic E-state index is -0.135. The molecule has 1 aromatic heterocycles. The number of thioether (sulfide) groups is 1. The van der Waals surface area contributed by atoms with Crippen molar-refractivity contribution in [2.24, 2.45) is 0 Å². The first-order valence-corrected chi connectivity index (χ1v) is 10.5. The van der Waals surface area contributed by atoms with Crippen LogP contribution in [0.5, 0.6) is 0 Å². The normalized spacial score (nSPS) is 10.9. The van der Waals surface area contributed by atoms with Crippen molar-refractivity contribution in [1.29, 1.82) is 0 Å². The zero-order chi connectivity index (χ0) is 21.0. The number of amides is 1. The molecule has 6 heteroatoms. The van der Waals surface area contributed by atoms with Crippen LogP contribution in [0.2, 0.25) is 0 Å². The van der Waals surface area contributed by atoms with Crippen LogP contribution < -0.4 is 5.56 Å². The number of rotatable bonds is 7. The Bertz CT molecular complexity index is 1100. The van der Waals surface area contributed by atoms with E-state index in [4.69, 9.17) is 4.98 Å². The largest absolute Gasteiger partial charge is 0.338 e. The molecular weight excluding hydrogens is 382 g/mol. The van der Waals surface area contributed by atoms with Crippen molar-refractivity contribution in [3.05, 3.63) is 76.6 Å². The molecule has 0 fully saturated rings. The molecule has 0 atom stereocenters. The molecule has 3 aromatic rings. The fraction of sp³-hybridized carbons (Fsp3) is 0.261. The van der Waals surface area contributed by atoms with Gasteiger partial charge in [-0.25, -0.2) is 4.98 Å². The molecule has 0 aliphatic carbocycles. The minimum absolute atomic E-state index is 0.00152. The Morgan fingerprint density at radius 3 is 2.52 bits per heavy atom. The van der Waals surface area contributed by atoms with E-state index in [-0.39, 0.29) is 17.2 Å². The van der Waals surface area contributed by atoms with Gasteiger partial charge in [0.25, 0.3) is 5.56 Å². The molecule has 0 aliphatic rings. The van der Waals surface area contributed by atoms with Crippen LogP contribution in [-0.2, 0) is 4.79 Å². The van der Waals surface area contributed by atoms with E-state index in [2.05, 4.69) is 6.58 Å². The van der Waals surface area contributed by atoms with Gasteiger partial charge in [0, 0.05) is 13.1 Å². The van der Waals surface area contributed by atoms with Crippen molar-refractivity contribution in [1.82, 2.24) is 14.5 Å². The summed E-state index contributed by atoms with van der Waals surface area (Å²) < 4.78 is 1.59. The van der Waals surface area contributed by atoms with E-state index in [0.717, 1.165) is 16.8 Å². The maximum absolute atomic E-state index is 13.2. The van der Waals surface area contributed by atoms with Crippen molar-refractivity contribution >= 4 is 28.6 Å². The average molecular weight is 408 g/mol. The topological polar surface area (TPSA) is 55.2 Å². The maximum Gasteiger partial charge on any atom is 0.266 e. The van der Waals surface area contributed by atoms with Gasteiger partial charge < -0.3 is 4.90 Å². The van der Waals surface area contributed by atoms with Crippen LogP contribution >= 0.6 is 11.8 Å². The first kappa shape index (κ1) is 20.9. The highest BCUT2D eigenvalue weighted by Crippen LogP contribution is 2.22. The fourth-order valence-corrected chi connectivity index (χ4v) is 3.97. The molecule has 1 heterocycles. The number of fused-ring (bicyclic) bond motifs is 1. The Morgan fingerprint density at radius 1 is 1.17 bits per heavy atom. The molecule has 0 aliphatic heterocycles. The zero-order valence-corrected chi connectivity index (χ0v) is 17.8. The SMILES string of the molecule is C=C(C)CN(CC)C(=O)CSc1nc2ccccc2c(=O)n1-c1ccc(C)cc1. The van der Waals surface area contributed by atoms with Gasteiger partial charge in [0.2, 0.25) is 5.91 Å². The summed E-state index contributed by atoms with van der Waals surface area (Å²) in [5, 5.41) is 1.07. The number of aromatic nitrogens is 2. The van der Waals surface area contributed by atoms with Crippen LogP contribution in [0.1, 0.15) is 19.4 Å². The van der Waals surface area contributed by atoms with Gasteiger partial charge in [-0.2, -0.15) is 0 Å². The molecule has 0 unspecified atom stereocenters. The third kappa shape index (κ3) is 4.77. The van der Waals surface area contributed by atoms with Crippen molar-refractivity contribution in [3.63, 3.8) is 0 Å². The molecule has 0 saturated carbocycles. The van der Waals surface area contributed by atoms with Gasteiger partial charge in [0.15, 0.2) is 5.16 Å². The second-order valence-electron chi connectivity index (χ2n) is 7.04. The molecule has 150 valence electrons. The van der Waals surface area contributed by atoms with Crippen LogP contribution in [-0.4, -0.2) is 39.2 Å². The Morgan fingerprint density at radius 2 is 1.86 bits per heavy atom. The third-order valence-corrected chi connectivity index (χ3v) is 5.48. The second kappa shape index (κ2) is 9.09. The lowest BCUT2D eigenvalue weighted by atomic mass is 10.2. The summed E-state index contributed by atoms with van der Waals surface area (Å²) in [6, 6.07) is 15.0. The summed E-state index contributed by atoms with van der Waals surface area (Å²) in [6.07, 6.45) is 0. The van der Waals surface area contributed by atoms with E-state index in [1.54, 1.807) is 15.5 Å². The van der Waals surface area contributed by atoms with Gasteiger partial charge in [0.1, 0.15) is 0 Å². The van der Waals surface area contributed by atoms with Crippen LogP contribution in [0.25, 0.3) is 16.6 Å². The van der Waals surface area contributed by atoms with Crippen LogP contribution in [0, 0.1) is 6.92 Å². The van der Waals surface area contributed by atoms with E-state index >= 15 is 0 Å². The third-order valence-electron chi connectivity index (χ3n) is 4.56. The number of likely N-dealkylation sites (N-methyl/N-ethyl adjacent to an activating group) is 1. The van der Waals surface area contributed by atoms with Crippen LogP contribution in [0.3, 0.4) is 0 Å². The van der Waals surface area contributed by atoms with Crippen molar-refractivity contribution in [2.75, 3.05) is 18.8 Å². The quantitative estimate of drug-likeness (QED) is 0.334. The predicted molar refractivity (Wildman–Crippen MR) is 120 cm³/mol. The number of hydrogen-bond donors (Lipinski definition) is 0. The first-order chi connectivity index (χ1) is 13.9. The van der Waals surface area contributed by atoms with Gasteiger partial charge in [-0.3, -0.25) is 14.2 Å². The van der Waals surface area contributed by atoms with Gasteiger partial charge in [0.05, 0.1) is 22.3 Å². The second-order valence-corrected chi connectivity index (χ2v) is 7.98. The minimum Gasteiger partial charge on any atom is -0.338 e. The molecule has 1 amide bonds. The van der Waals surface area contributed by atoms with E-state index in [1.807, 2.05) is 63.2 Å². The molecule has 2 aromatic carbocycles. The van der Waals surface area contributed by atoms with Gasteiger partial charge in [-0.1, -0.05) is 53.7 Å². The number of carbonyl (C=O) groups is 1. The molecule has 3 rings (SSSR count). The Balaban J connectivity index is 2.01. The number of nitrogens with zero attached hydrogens (tertiary/aromatic N) is 3. The zero-order valence-electron chi connectivity index (χ0n) is 17.0. The molecule has 29 heavy (non-hydrogen) atoms. The Hall–Kier alpha value is -2.86. The lowest BCUT2D eigenvalue weighted by Crippen LogP contribution is -2.33. The Kier molecular flexibility index (Phi) is 6.54. The monoisotopic (exact) mass is 407 g/mol. The maximum atomic E-state index is 13.2. The lowest BCUT2D eigenvalue weighted by molar-refractivity contribution is -0.127. The van der Waals surface area contributed by atoms with Gasteiger partial charge in [-0.05, 0) is 45.0 Å². The Labute approximate surface area is 175 Å². The van der Waals surface area contributed by atoms with E-state index in [0.29, 0.717) is 29.1 Å². The molecule has 0 saturated heterocycles. The average Bonchev–Trinajstić information content (AvgIpc) is 2.71. The molecule has 0 spiro atoms. The number of hydrogen-bond acceptors (Lipinski definition) is 4. The van der Waals surface area contributed by atoms with E-state index in [1.165, 1.54) is 11.8 Å². The molecule has 0 radical (unpaired) electrons. The van der Waals surface area contributed by atoms with E-state index in [9.17, 15) is 9.59 Å². The predicted octanol–water partition coefficient (Wildman–Crippen LogP) is 4.21. The van der Waals surface area contributed by atoms with Crippen LogP contribution in [0.4, 0.5) is 0 Å². The van der Waals surface area contributed by atoms with Gasteiger partial charge >= 0.3 is 0 Å². The standard InChI is InChI=1S/C23H25N3O2S/c1-5-25(14-16(2)3)21(27)15-29-23-24-20-9-7-6-8-19(20)22(28)26(23)18-12-10-17(4)11-13-18/h6-13H,2,5,14-15H2,1,3-4H3. The highest BCUT2D eigenvalue weighted by molar-refractivity contribution is 7.99. The van der Waals surface area contributed by atoms with Crippen LogP contribution in [0.15, 0.2) is 70.6 Å². The van der Waals surface area contributed by atoms with Gasteiger partial charge in [-0.15, -0.1) is 0 Å². The summed E-state index contributed by atoms with van der Waals surface area (Å²) in [5.74, 6) is 0.205. The fourth-order valence-electron chi connectivity index (χ4n) is 3.05. The summed E-state index contributed by atoms with van der Waals surface area (Å²) in [7, 11) is 0. The molecule has 0 N–H and O–H groups in total. The molecular formula is C23H25N3O2S. The summed E-state index contributed by atoms with van der Waals surface area (Å²) in [5.41, 5.74) is 3.28. The highest BCUT2D eigenvalue weighted by atomic mass is 32.2. The summed E-state index contributed by atoms with van der Waals surface area (Å²) in [6.45, 7) is 10.9. The van der Waals surface area contributed by atoms with Crippen molar-refractivity contribution in [2.45, 2.75) is 25.9 Å². The lowest BCUT2D eigenvalue weighted by Gasteiger charge is -2.21. The number of aryl methyl sites for hydroxylation is 1. The molecule has 5 nitrogen and oxygen atoms in total. The number of para-hydroxylation sites is 1. The highest BCUT2D eigenvalue weighted by Gasteiger charge is 2.17. The smallest absolute Gasteiger partial charge is 0.266 e.